The van der Waals surface area contributed by atoms with Crippen molar-refractivity contribution in [3.05, 3.63) is 57.6 Å². The molecule has 0 amide bonds. The average Bonchev–Trinajstić information content (AvgIpc) is 3.17. The summed E-state index contributed by atoms with van der Waals surface area (Å²) >= 11 is 0. The highest BCUT2D eigenvalue weighted by Crippen LogP contribution is 2.54. The Kier molecular flexibility index (Phi) is 11.9. The molecule has 3 heterocycles. The minimum atomic E-state index is -1.78. The van der Waals surface area contributed by atoms with Gasteiger partial charge < -0.3 is 58.5 Å². The van der Waals surface area contributed by atoms with E-state index in [1.54, 1.807) is 20.8 Å². The van der Waals surface area contributed by atoms with Crippen LogP contribution in [0, 0.1) is 5.92 Å². The molecule has 0 spiro atoms. The van der Waals surface area contributed by atoms with E-state index in [2.05, 4.69) is 0 Å². The smallest absolute Gasteiger partial charge is 0.316 e. The lowest BCUT2D eigenvalue weighted by molar-refractivity contribution is -0.324. The van der Waals surface area contributed by atoms with Gasteiger partial charge in [-0.1, -0.05) is 26.0 Å². The third-order valence-corrected chi connectivity index (χ3v) is 12.5. The molecule has 0 bridgehead atoms. The number of rotatable bonds is 9. The Morgan fingerprint density at radius 3 is 2.34 bits per heavy atom. The molecule has 0 unspecified atom stereocenters. The molecular weight excluding hydrogens is 758 g/mol. The number of Topliss-reactive ketones (excluding diaryl/α,β-unsaturated/α-hetero) is 1. The average molecular weight is 812 g/mol. The molecule has 2 aromatic carbocycles. The van der Waals surface area contributed by atoms with Crippen LogP contribution in [0.1, 0.15) is 115 Å². The molecule has 3 aliphatic heterocycles. The van der Waals surface area contributed by atoms with Gasteiger partial charge in [0.25, 0.3) is 0 Å². The molecule has 7 rings (SSSR count). The number of nitrogens with zero attached hydrogens (tertiary/aromatic N) is 1. The van der Waals surface area contributed by atoms with Gasteiger partial charge in [0.2, 0.25) is 5.78 Å². The fourth-order valence-electron chi connectivity index (χ4n) is 9.21. The second kappa shape index (κ2) is 16.3. The van der Waals surface area contributed by atoms with Gasteiger partial charge in [-0.05, 0) is 52.1 Å². The number of hydrogen-bond donors (Lipinski definition) is 4. The predicted octanol–water partition coefficient (Wildman–Crippen LogP) is 3.02. The maximum absolute atomic E-state index is 14.0. The molecule has 2 aliphatic carbocycles. The Morgan fingerprint density at radius 1 is 0.966 bits per heavy atom. The highest BCUT2D eigenvalue weighted by molar-refractivity contribution is 6.30. The van der Waals surface area contributed by atoms with Crippen molar-refractivity contribution < 1.29 is 72.8 Å². The van der Waals surface area contributed by atoms with Crippen molar-refractivity contribution in [1.82, 2.24) is 4.90 Å². The number of ketones is 3. The van der Waals surface area contributed by atoms with E-state index < -0.39 is 102 Å². The lowest BCUT2D eigenvalue weighted by Crippen LogP contribution is -2.59. The molecule has 58 heavy (non-hydrogen) atoms. The van der Waals surface area contributed by atoms with Gasteiger partial charge in [0.05, 0.1) is 60.9 Å². The number of aliphatic hydroxyl groups is 2. The number of benzene rings is 2. The van der Waals surface area contributed by atoms with Gasteiger partial charge in [-0.3, -0.25) is 19.2 Å². The summed E-state index contributed by atoms with van der Waals surface area (Å²) in [6.45, 7) is 7.11. The number of carbonyl (C=O) groups excluding carboxylic acids is 4. The van der Waals surface area contributed by atoms with Gasteiger partial charge in [0.15, 0.2) is 30.4 Å². The van der Waals surface area contributed by atoms with Crippen molar-refractivity contribution in [2.75, 3.05) is 27.8 Å². The van der Waals surface area contributed by atoms with Crippen LogP contribution in [0.4, 0.5) is 0 Å². The topological polar surface area (TPSA) is 217 Å². The number of phenols is 2. The van der Waals surface area contributed by atoms with Crippen molar-refractivity contribution in [2.45, 2.75) is 133 Å². The highest BCUT2D eigenvalue weighted by Gasteiger charge is 2.54. The first-order chi connectivity index (χ1) is 27.5. The Bertz CT molecular complexity index is 1940. The summed E-state index contributed by atoms with van der Waals surface area (Å²) in [6.07, 6.45) is -6.62. The number of hydrogen-bond acceptors (Lipinski definition) is 16. The third-order valence-electron chi connectivity index (χ3n) is 12.5. The second-order valence-corrected chi connectivity index (χ2v) is 16.3. The molecule has 4 N–H and O–H groups in total. The first kappa shape index (κ1) is 42.3. The summed E-state index contributed by atoms with van der Waals surface area (Å²) < 4.78 is 42.8. The van der Waals surface area contributed by atoms with Crippen LogP contribution in [0.3, 0.4) is 0 Å². The van der Waals surface area contributed by atoms with Gasteiger partial charge in [-0.2, -0.15) is 0 Å². The van der Waals surface area contributed by atoms with Gasteiger partial charge in [0.1, 0.15) is 29.6 Å². The lowest BCUT2D eigenvalue weighted by Gasteiger charge is -2.48. The molecule has 5 aliphatic rings. The lowest BCUT2D eigenvalue weighted by atomic mass is 9.67. The summed E-state index contributed by atoms with van der Waals surface area (Å²) in [5, 5.41) is 46.1. The van der Waals surface area contributed by atoms with Crippen LogP contribution in [0.25, 0.3) is 0 Å². The van der Waals surface area contributed by atoms with Crippen LogP contribution in [0.2, 0.25) is 0 Å². The van der Waals surface area contributed by atoms with Crippen LogP contribution in [-0.2, 0) is 42.7 Å². The van der Waals surface area contributed by atoms with Crippen LogP contribution in [0.5, 0.6) is 11.5 Å². The number of esters is 1. The minimum absolute atomic E-state index is 0.00106. The van der Waals surface area contributed by atoms with Crippen molar-refractivity contribution in [3.63, 3.8) is 0 Å². The van der Waals surface area contributed by atoms with Crippen LogP contribution in [0.15, 0.2) is 24.3 Å². The van der Waals surface area contributed by atoms with Gasteiger partial charge >= 0.3 is 5.97 Å². The monoisotopic (exact) mass is 811 g/mol. The molecule has 16 nitrogen and oxygen atoms in total. The van der Waals surface area contributed by atoms with Crippen molar-refractivity contribution >= 4 is 23.3 Å². The molecule has 0 radical (unpaired) electrons. The molecule has 316 valence electrons. The Hall–Kier alpha value is -3.84. The van der Waals surface area contributed by atoms with Crippen molar-refractivity contribution in [3.8, 4) is 11.5 Å². The van der Waals surface area contributed by atoms with E-state index >= 15 is 0 Å². The summed E-state index contributed by atoms with van der Waals surface area (Å²) in [7, 11) is 4.92. The largest absolute Gasteiger partial charge is 0.507 e. The predicted molar refractivity (Wildman–Crippen MR) is 201 cm³/mol. The van der Waals surface area contributed by atoms with E-state index in [1.807, 2.05) is 25.9 Å². The molecule has 0 aromatic heterocycles. The van der Waals surface area contributed by atoms with E-state index in [9.17, 15) is 39.6 Å². The zero-order valence-electron chi connectivity index (χ0n) is 33.7. The molecule has 3 saturated heterocycles. The molecule has 16 heteroatoms. The summed E-state index contributed by atoms with van der Waals surface area (Å²) in [6, 6.07) is 5.12. The SMILES string of the molecule is CC[C@@]1(O)C[C@H](O[C@H]2OC[C@H](N(C)C)[C@H](O[C@@H]3C[C@H](O)[C@H](O[C@H]4CCC(=O)[C@H](C)O4)[C@H](C)O3)[C@@H]2C)c2c(cc3c(c2O)C(=O)c2c(O)cccc2C3=O)[C@H]1C(=O)OC. The number of likely N-dealkylation sites (N-methyl/N-ethyl adjacent to an activating group) is 1. The standard InChI is InChI=1S/C42H53NO15/c1-8-42(51)16-28(32-22(34(42)40(50)52-7)14-23-33(37(32)49)36(48)31-21(35(23)47)10-9-11-26(31)45)56-41-18(2)38(24(17-53-41)43(5)6)58-30-15-27(46)39(20(4)55-30)57-29-13-12-25(44)19(3)54-29/h9-11,14,18-20,24,27-30,34,38-39,41,45-46,49,51H,8,12-13,15-17H2,1-7H3/t18-,19-,20-,24-,27-,28-,29-,30+,34-,38+,39+,41+,42+/m0/s1. The summed E-state index contributed by atoms with van der Waals surface area (Å²) in [5.74, 6) is -5.20. The quantitative estimate of drug-likeness (QED) is 0.229. The minimum Gasteiger partial charge on any atom is -0.507 e. The number of phenolic OH excluding ortho intramolecular Hbond substituents is 2. The molecule has 13 atom stereocenters. The Labute approximate surface area is 336 Å². The van der Waals surface area contributed by atoms with Crippen molar-refractivity contribution in [1.29, 1.82) is 0 Å². The fourth-order valence-corrected chi connectivity index (χ4v) is 9.21. The van der Waals surface area contributed by atoms with Gasteiger partial charge in [-0.15, -0.1) is 0 Å². The first-order valence-electron chi connectivity index (χ1n) is 19.9. The van der Waals surface area contributed by atoms with E-state index in [-0.39, 0.29) is 71.1 Å². The van der Waals surface area contributed by atoms with E-state index in [0.717, 1.165) is 0 Å². The number of methoxy groups -OCH3 is 1. The third kappa shape index (κ3) is 7.36. The second-order valence-electron chi connectivity index (χ2n) is 16.3. The molecule has 3 fully saturated rings. The Balaban J connectivity index is 1.18. The summed E-state index contributed by atoms with van der Waals surface area (Å²) in [4.78, 5) is 55.1. The Morgan fingerprint density at radius 2 is 1.69 bits per heavy atom. The van der Waals surface area contributed by atoms with Crippen LogP contribution < -0.4 is 0 Å². The zero-order chi connectivity index (χ0) is 42.0. The number of fused-ring (bicyclic) bond motifs is 3. The van der Waals surface area contributed by atoms with E-state index in [4.69, 9.17) is 33.2 Å². The first-order valence-corrected chi connectivity index (χ1v) is 19.9. The van der Waals surface area contributed by atoms with Crippen LogP contribution >= 0.6 is 0 Å². The number of aromatic hydroxyl groups is 2. The highest BCUT2D eigenvalue weighted by atomic mass is 16.7. The molecule has 2 aromatic rings. The maximum atomic E-state index is 14.0. The van der Waals surface area contributed by atoms with E-state index in [0.29, 0.717) is 12.8 Å². The number of carbonyl (C=O) groups is 4. The maximum Gasteiger partial charge on any atom is 0.316 e. The van der Waals surface area contributed by atoms with Crippen LogP contribution in [-0.4, -0.2) is 137 Å². The number of ether oxygens (including phenoxy) is 7. The fraction of sp³-hybridized carbons (Fsp3) is 0.619. The van der Waals surface area contributed by atoms with Gasteiger partial charge in [-0.25, -0.2) is 0 Å². The van der Waals surface area contributed by atoms with Gasteiger partial charge in [0, 0.05) is 48.3 Å². The van der Waals surface area contributed by atoms with E-state index in [1.165, 1.54) is 31.4 Å². The van der Waals surface area contributed by atoms with Crippen molar-refractivity contribution in [2.24, 2.45) is 5.92 Å². The number of aliphatic hydroxyl groups excluding tert-OH is 1. The molecule has 0 saturated carbocycles. The molecular formula is C42H53NO15. The zero-order valence-corrected chi connectivity index (χ0v) is 33.7. The normalized spacial score (nSPS) is 36.3. The summed E-state index contributed by atoms with van der Waals surface area (Å²) in [5.41, 5.74) is -2.58.